The average Bonchev–Trinajstić information content (AvgIpc) is 3.08. The highest BCUT2D eigenvalue weighted by Crippen LogP contribution is 2.37. The van der Waals surface area contributed by atoms with E-state index in [2.05, 4.69) is 6.92 Å². The second-order valence-electron chi connectivity index (χ2n) is 6.35. The maximum Gasteiger partial charge on any atom is 0.266 e. The van der Waals surface area contributed by atoms with Gasteiger partial charge in [0.2, 0.25) is 0 Å². The molecule has 26 heavy (non-hydrogen) atoms. The Balaban J connectivity index is 1.80. The van der Waals surface area contributed by atoms with E-state index in [0.29, 0.717) is 22.3 Å². The normalized spacial score (nSPS) is 23.8. The van der Waals surface area contributed by atoms with Crippen LogP contribution >= 0.6 is 24.0 Å². The molecular weight excluding hydrogens is 390 g/mol. The number of carbonyl (C=O) groups is 1. The Morgan fingerprint density at radius 2 is 2.15 bits per heavy atom. The van der Waals surface area contributed by atoms with Crippen molar-refractivity contribution in [2.45, 2.75) is 32.2 Å². The number of ether oxygens (including phenoxy) is 1. The smallest absolute Gasteiger partial charge is 0.266 e. The Hall–Kier alpha value is -1.38. The number of thioether (sulfide) groups is 1. The molecule has 5 nitrogen and oxygen atoms in total. The van der Waals surface area contributed by atoms with Crippen LogP contribution in [0.2, 0.25) is 0 Å². The molecule has 1 amide bonds. The van der Waals surface area contributed by atoms with Crippen molar-refractivity contribution < 1.29 is 17.9 Å². The molecule has 8 heteroatoms. The van der Waals surface area contributed by atoms with Gasteiger partial charge in [0, 0.05) is 5.56 Å². The topological polar surface area (TPSA) is 63.7 Å². The lowest BCUT2D eigenvalue weighted by Crippen LogP contribution is -2.39. The summed E-state index contributed by atoms with van der Waals surface area (Å²) in [6.45, 7) is 2.73. The molecule has 1 aromatic rings. The van der Waals surface area contributed by atoms with Gasteiger partial charge in [-0.25, -0.2) is 8.42 Å². The highest BCUT2D eigenvalue weighted by Gasteiger charge is 2.42. The van der Waals surface area contributed by atoms with Crippen LogP contribution in [0.1, 0.15) is 31.7 Å². The number of hydrogen-bond donors (Lipinski definition) is 0. The average molecular weight is 412 g/mol. The Morgan fingerprint density at radius 1 is 1.38 bits per heavy atom. The van der Waals surface area contributed by atoms with Crippen LogP contribution in [0.5, 0.6) is 5.75 Å². The van der Waals surface area contributed by atoms with Gasteiger partial charge in [-0.15, -0.1) is 0 Å². The van der Waals surface area contributed by atoms with E-state index in [9.17, 15) is 13.2 Å². The summed E-state index contributed by atoms with van der Waals surface area (Å²) in [7, 11) is -3.08. The van der Waals surface area contributed by atoms with Crippen LogP contribution in [0.3, 0.4) is 0 Å². The molecule has 1 aromatic carbocycles. The Bertz CT molecular complexity index is 848. The van der Waals surface area contributed by atoms with E-state index >= 15 is 0 Å². The van der Waals surface area contributed by atoms with E-state index in [0.717, 1.165) is 24.2 Å². The quantitative estimate of drug-likeness (QED) is 0.407. The van der Waals surface area contributed by atoms with Crippen molar-refractivity contribution in [3.05, 3.63) is 34.7 Å². The third-order valence-electron chi connectivity index (χ3n) is 4.36. The zero-order chi connectivity index (χ0) is 18.7. The van der Waals surface area contributed by atoms with Gasteiger partial charge in [-0.1, -0.05) is 55.5 Å². The zero-order valence-electron chi connectivity index (χ0n) is 14.5. The summed E-state index contributed by atoms with van der Waals surface area (Å²) < 4.78 is 29.7. The van der Waals surface area contributed by atoms with Gasteiger partial charge in [-0.3, -0.25) is 9.69 Å². The fraction of sp³-hybridized carbons (Fsp3) is 0.444. The van der Waals surface area contributed by atoms with Gasteiger partial charge < -0.3 is 4.74 Å². The van der Waals surface area contributed by atoms with E-state index in [1.54, 1.807) is 6.08 Å². The third kappa shape index (κ3) is 4.29. The predicted octanol–water partition coefficient (Wildman–Crippen LogP) is 3.25. The van der Waals surface area contributed by atoms with E-state index < -0.39 is 9.84 Å². The van der Waals surface area contributed by atoms with Gasteiger partial charge in [0.15, 0.2) is 9.84 Å². The first kappa shape index (κ1) is 19.4. The lowest BCUT2D eigenvalue weighted by atomic mass is 10.1. The summed E-state index contributed by atoms with van der Waals surface area (Å²) in [5.41, 5.74) is 0.822. The first-order valence-electron chi connectivity index (χ1n) is 8.60. The minimum atomic E-state index is -3.08. The number of thiocarbonyl (C=S) groups is 1. The summed E-state index contributed by atoms with van der Waals surface area (Å²) in [6, 6.07) is 7.21. The molecule has 0 radical (unpaired) electrons. The van der Waals surface area contributed by atoms with Crippen LogP contribution in [0.4, 0.5) is 0 Å². The number of carbonyl (C=O) groups excluding carboxylic acids is 1. The summed E-state index contributed by atoms with van der Waals surface area (Å²) in [4.78, 5) is 14.8. The van der Waals surface area contributed by atoms with Crippen molar-refractivity contribution in [1.29, 1.82) is 0 Å². The SMILES string of the molecule is CCCCOc1ccccc1/C=C1\SC(=S)N(C2CCS(=O)(=O)C2)C1=O. The number of rotatable bonds is 6. The van der Waals surface area contributed by atoms with Gasteiger partial charge in [0.25, 0.3) is 5.91 Å². The first-order valence-corrected chi connectivity index (χ1v) is 11.6. The van der Waals surface area contributed by atoms with Gasteiger partial charge in [-0.05, 0) is 25.0 Å². The summed E-state index contributed by atoms with van der Waals surface area (Å²) in [6.07, 6.45) is 4.24. The van der Waals surface area contributed by atoms with Gasteiger partial charge in [0.05, 0.1) is 29.1 Å². The Morgan fingerprint density at radius 3 is 2.85 bits per heavy atom. The predicted molar refractivity (Wildman–Crippen MR) is 109 cm³/mol. The van der Waals surface area contributed by atoms with Crippen LogP contribution in [0, 0.1) is 0 Å². The second-order valence-corrected chi connectivity index (χ2v) is 10.3. The first-order chi connectivity index (χ1) is 12.4. The van der Waals surface area contributed by atoms with Crippen molar-refractivity contribution >= 4 is 50.1 Å². The van der Waals surface area contributed by atoms with Crippen molar-refractivity contribution in [2.75, 3.05) is 18.1 Å². The van der Waals surface area contributed by atoms with Crippen molar-refractivity contribution in [3.63, 3.8) is 0 Å². The number of sulfone groups is 1. The third-order valence-corrected chi connectivity index (χ3v) is 7.44. The molecule has 2 saturated heterocycles. The molecule has 2 aliphatic rings. The number of benzene rings is 1. The second kappa shape index (κ2) is 8.10. The molecule has 0 spiro atoms. The lowest BCUT2D eigenvalue weighted by Gasteiger charge is -2.20. The fourth-order valence-corrected chi connectivity index (χ4v) is 6.06. The Kier molecular flexibility index (Phi) is 6.04. The van der Waals surface area contributed by atoms with Crippen molar-refractivity contribution in [1.82, 2.24) is 4.90 Å². The zero-order valence-corrected chi connectivity index (χ0v) is 17.0. The minimum absolute atomic E-state index is 0.0105. The highest BCUT2D eigenvalue weighted by molar-refractivity contribution is 8.26. The maximum absolute atomic E-state index is 12.8. The van der Waals surface area contributed by atoms with Gasteiger partial charge in [0.1, 0.15) is 10.1 Å². The Labute approximate surface area is 163 Å². The van der Waals surface area contributed by atoms with Crippen LogP contribution < -0.4 is 4.74 Å². The van der Waals surface area contributed by atoms with Crippen LogP contribution in [-0.2, 0) is 14.6 Å². The number of nitrogens with zero attached hydrogens (tertiary/aromatic N) is 1. The summed E-state index contributed by atoms with van der Waals surface area (Å²) in [5, 5.41) is 0. The molecule has 3 rings (SSSR count). The van der Waals surface area contributed by atoms with E-state index in [4.69, 9.17) is 17.0 Å². The number of hydrogen-bond acceptors (Lipinski definition) is 6. The van der Waals surface area contributed by atoms with E-state index in [1.165, 1.54) is 16.7 Å². The molecule has 2 heterocycles. The lowest BCUT2D eigenvalue weighted by molar-refractivity contribution is -0.123. The van der Waals surface area contributed by atoms with Gasteiger partial charge >= 0.3 is 0 Å². The van der Waals surface area contributed by atoms with Crippen molar-refractivity contribution in [2.24, 2.45) is 0 Å². The van der Waals surface area contributed by atoms with Crippen LogP contribution in [0.15, 0.2) is 29.2 Å². The number of amides is 1. The number of unbranched alkanes of at least 4 members (excludes halogenated alkanes) is 1. The molecule has 2 fully saturated rings. The number of para-hydroxylation sites is 1. The van der Waals surface area contributed by atoms with E-state index in [-0.39, 0.29) is 23.5 Å². The maximum atomic E-state index is 12.8. The molecule has 0 saturated carbocycles. The highest BCUT2D eigenvalue weighted by atomic mass is 32.2. The molecule has 0 bridgehead atoms. The monoisotopic (exact) mass is 411 g/mol. The fourth-order valence-electron chi connectivity index (χ4n) is 2.97. The summed E-state index contributed by atoms with van der Waals surface area (Å²) in [5.74, 6) is 0.616. The molecule has 0 aliphatic carbocycles. The van der Waals surface area contributed by atoms with Crippen LogP contribution in [0.25, 0.3) is 6.08 Å². The van der Waals surface area contributed by atoms with Crippen LogP contribution in [-0.4, -0.2) is 47.7 Å². The molecule has 1 atom stereocenters. The molecule has 2 aliphatic heterocycles. The largest absolute Gasteiger partial charge is 0.493 e. The van der Waals surface area contributed by atoms with Crippen molar-refractivity contribution in [3.8, 4) is 5.75 Å². The minimum Gasteiger partial charge on any atom is -0.493 e. The molecule has 0 N–H and O–H groups in total. The molecule has 0 aromatic heterocycles. The summed E-state index contributed by atoms with van der Waals surface area (Å²) >= 11 is 6.56. The molecule has 1 unspecified atom stereocenters. The molecule has 140 valence electrons. The van der Waals surface area contributed by atoms with E-state index in [1.807, 2.05) is 24.3 Å². The van der Waals surface area contributed by atoms with Gasteiger partial charge in [-0.2, -0.15) is 0 Å². The molecular formula is C18H21NO4S3. The standard InChI is InChI=1S/C18H21NO4S3/c1-2-3-9-23-15-7-5-4-6-13(15)11-16-17(20)19(18(24)25-16)14-8-10-26(21,22)12-14/h4-7,11,14H,2-3,8-10,12H2,1H3/b16-11-.